The summed E-state index contributed by atoms with van der Waals surface area (Å²) in [5, 5.41) is 7.48. The third kappa shape index (κ3) is 5.88. The van der Waals surface area contributed by atoms with Gasteiger partial charge in [0.1, 0.15) is 0 Å². The highest BCUT2D eigenvalue weighted by Gasteiger charge is 2.16. The summed E-state index contributed by atoms with van der Waals surface area (Å²) in [6, 6.07) is 72.3. The summed E-state index contributed by atoms with van der Waals surface area (Å²) in [7, 11) is 2.14. The molecule has 0 fully saturated rings. The van der Waals surface area contributed by atoms with Gasteiger partial charge in [0.25, 0.3) is 0 Å². The molecule has 9 aromatic rings. The van der Waals surface area contributed by atoms with Crippen LogP contribution in [0.1, 0.15) is 0 Å². The molecule has 0 heterocycles. The molecule has 51 heavy (non-hydrogen) atoms. The Morgan fingerprint density at radius 2 is 0.745 bits per heavy atom. The summed E-state index contributed by atoms with van der Waals surface area (Å²) in [5.41, 5.74) is 10.5. The van der Waals surface area contributed by atoms with Crippen molar-refractivity contribution in [2.45, 2.75) is 0 Å². The molecule has 0 aliphatic heterocycles. The van der Waals surface area contributed by atoms with Gasteiger partial charge < -0.3 is 9.80 Å². The first-order valence-corrected chi connectivity index (χ1v) is 17.5. The normalized spacial score (nSPS) is 11.2. The van der Waals surface area contributed by atoms with E-state index in [1.807, 2.05) is 0 Å². The maximum atomic E-state index is 2.37. The molecule has 0 bridgehead atoms. The van der Waals surface area contributed by atoms with Crippen molar-refractivity contribution in [3.8, 4) is 22.3 Å². The number of fused-ring (bicyclic) bond motifs is 3. The Labute approximate surface area is 299 Å². The molecule has 0 aromatic heterocycles. The van der Waals surface area contributed by atoms with Crippen molar-refractivity contribution in [2.75, 3.05) is 16.8 Å². The van der Waals surface area contributed by atoms with Gasteiger partial charge in [-0.25, -0.2) is 0 Å². The Kier molecular flexibility index (Phi) is 7.75. The zero-order valence-corrected chi connectivity index (χ0v) is 28.4. The molecule has 0 saturated carbocycles. The smallest absolute Gasteiger partial charge is 0.0540 e. The molecule has 2 heteroatoms. The quantitative estimate of drug-likeness (QED) is 0.158. The molecule has 0 N–H and O–H groups in total. The van der Waals surface area contributed by atoms with Crippen LogP contribution >= 0.6 is 0 Å². The highest BCUT2D eigenvalue weighted by Crippen LogP contribution is 2.40. The molecule has 0 atom stereocenters. The lowest BCUT2D eigenvalue weighted by molar-refractivity contribution is 1.21. The third-order valence-electron chi connectivity index (χ3n) is 10.0. The predicted molar refractivity (Wildman–Crippen MR) is 219 cm³/mol. The van der Waals surface area contributed by atoms with Gasteiger partial charge in [-0.05, 0) is 116 Å². The zero-order valence-electron chi connectivity index (χ0n) is 28.4. The van der Waals surface area contributed by atoms with Gasteiger partial charge in [-0.2, -0.15) is 0 Å². The highest BCUT2D eigenvalue weighted by atomic mass is 15.1. The first-order valence-electron chi connectivity index (χ1n) is 17.5. The molecule has 0 aliphatic rings. The van der Waals surface area contributed by atoms with Gasteiger partial charge in [0.05, 0.1) is 5.69 Å². The van der Waals surface area contributed by atoms with Gasteiger partial charge in [0.2, 0.25) is 0 Å². The van der Waals surface area contributed by atoms with E-state index >= 15 is 0 Å². The Bertz CT molecular complexity index is 2620. The van der Waals surface area contributed by atoms with Crippen LogP contribution in [0, 0.1) is 0 Å². The summed E-state index contributed by atoms with van der Waals surface area (Å²) in [4.78, 5) is 4.62. The number of hydrogen-bond acceptors (Lipinski definition) is 2. The van der Waals surface area contributed by atoms with Gasteiger partial charge in [-0.3, -0.25) is 0 Å². The van der Waals surface area contributed by atoms with Crippen LogP contribution in [0.2, 0.25) is 0 Å². The Hall–Kier alpha value is -6.64. The second-order valence-electron chi connectivity index (χ2n) is 13.1. The minimum Gasteiger partial charge on any atom is -0.345 e. The Balaban J connectivity index is 1.02. The lowest BCUT2D eigenvalue weighted by atomic mass is 10.0. The highest BCUT2D eigenvalue weighted by molar-refractivity contribution is 6.00. The fourth-order valence-corrected chi connectivity index (χ4v) is 7.23. The predicted octanol–water partition coefficient (Wildman–Crippen LogP) is 13.7. The average Bonchev–Trinajstić information content (AvgIpc) is 3.21. The van der Waals surface area contributed by atoms with Gasteiger partial charge in [-0.15, -0.1) is 0 Å². The van der Waals surface area contributed by atoms with Crippen LogP contribution in [0.3, 0.4) is 0 Å². The van der Waals surface area contributed by atoms with E-state index in [2.05, 4.69) is 217 Å². The van der Waals surface area contributed by atoms with Crippen LogP contribution in [0.25, 0.3) is 54.6 Å². The van der Waals surface area contributed by atoms with E-state index in [1.165, 1.54) is 60.3 Å². The van der Waals surface area contributed by atoms with Crippen molar-refractivity contribution in [1.29, 1.82) is 0 Å². The number of rotatable bonds is 7. The van der Waals surface area contributed by atoms with E-state index in [0.717, 1.165) is 22.7 Å². The van der Waals surface area contributed by atoms with Gasteiger partial charge >= 0.3 is 0 Å². The maximum Gasteiger partial charge on any atom is 0.0540 e. The number of hydrogen-bond donors (Lipinski definition) is 0. The molecule has 0 aliphatic carbocycles. The van der Waals surface area contributed by atoms with E-state index in [9.17, 15) is 0 Å². The van der Waals surface area contributed by atoms with Crippen molar-refractivity contribution in [2.24, 2.45) is 0 Å². The largest absolute Gasteiger partial charge is 0.345 e. The van der Waals surface area contributed by atoms with E-state index in [-0.39, 0.29) is 0 Å². The molecule has 2 nitrogen and oxygen atoms in total. The molecule has 9 aromatic carbocycles. The molecule has 242 valence electrons. The fraction of sp³-hybridized carbons (Fsp3) is 0.0204. The third-order valence-corrected chi connectivity index (χ3v) is 10.0. The van der Waals surface area contributed by atoms with Crippen LogP contribution < -0.4 is 9.80 Å². The minimum absolute atomic E-state index is 1.11. The summed E-state index contributed by atoms with van der Waals surface area (Å²) in [5.74, 6) is 0. The molecule has 0 amide bonds. The zero-order chi connectivity index (χ0) is 34.1. The molecular formula is C49H36N2. The Morgan fingerprint density at radius 3 is 1.37 bits per heavy atom. The monoisotopic (exact) mass is 652 g/mol. The van der Waals surface area contributed by atoms with Gasteiger partial charge in [0.15, 0.2) is 0 Å². The van der Waals surface area contributed by atoms with Crippen molar-refractivity contribution in [1.82, 2.24) is 0 Å². The lowest BCUT2D eigenvalue weighted by Crippen LogP contribution is -2.10. The standard InChI is InChI=1S/C49H36N2/c1-50(47-31-24-42-32-40-13-5-6-14-41(40)33-43(42)34-47)44-25-18-37(19-26-44)38-22-29-46(30-23-38)51(49-17-9-15-39-12-7-8-16-48(39)49)45-27-20-36(21-28-45)35-10-3-2-4-11-35/h2-34H,1H3. The SMILES string of the molecule is CN(c1ccc(-c2ccc(N(c3ccc(-c4ccccc4)cc3)c3cccc4ccccc34)cc2)cc1)c1ccc2cc3ccccc3cc2c1. The molecule has 9 rings (SSSR count). The summed E-state index contributed by atoms with van der Waals surface area (Å²) in [6.45, 7) is 0. The van der Waals surface area contributed by atoms with Crippen molar-refractivity contribution < 1.29 is 0 Å². The summed E-state index contributed by atoms with van der Waals surface area (Å²) in [6.07, 6.45) is 0. The number of anilines is 5. The average molecular weight is 653 g/mol. The van der Waals surface area contributed by atoms with Crippen LogP contribution in [-0.2, 0) is 0 Å². The van der Waals surface area contributed by atoms with E-state index in [1.54, 1.807) is 0 Å². The molecule has 0 radical (unpaired) electrons. The molecular weight excluding hydrogens is 617 g/mol. The van der Waals surface area contributed by atoms with Crippen molar-refractivity contribution in [3.63, 3.8) is 0 Å². The summed E-state index contributed by atoms with van der Waals surface area (Å²) >= 11 is 0. The Morgan fingerprint density at radius 1 is 0.294 bits per heavy atom. The van der Waals surface area contributed by atoms with Crippen LogP contribution in [0.4, 0.5) is 28.4 Å². The fourth-order valence-electron chi connectivity index (χ4n) is 7.23. The van der Waals surface area contributed by atoms with E-state index in [4.69, 9.17) is 0 Å². The lowest BCUT2D eigenvalue weighted by Gasteiger charge is -2.27. The van der Waals surface area contributed by atoms with Crippen molar-refractivity contribution >= 4 is 60.8 Å². The van der Waals surface area contributed by atoms with E-state index < -0.39 is 0 Å². The molecule has 0 saturated heterocycles. The van der Waals surface area contributed by atoms with Gasteiger partial charge in [0, 0.05) is 35.2 Å². The first-order chi connectivity index (χ1) is 25.2. The molecule has 0 spiro atoms. The van der Waals surface area contributed by atoms with Crippen LogP contribution in [-0.4, -0.2) is 7.05 Å². The molecule has 0 unspecified atom stereocenters. The van der Waals surface area contributed by atoms with Crippen LogP contribution in [0.5, 0.6) is 0 Å². The van der Waals surface area contributed by atoms with Crippen molar-refractivity contribution in [3.05, 3.63) is 200 Å². The minimum atomic E-state index is 1.11. The second kappa shape index (κ2) is 13.0. The first kappa shape index (κ1) is 30.4. The van der Waals surface area contributed by atoms with Gasteiger partial charge in [-0.1, -0.05) is 133 Å². The number of benzene rings is 9. The van der Waals surface area contributed by atoms with E-state index in [0.29, 0.717) is 0 Å². The summed E-state index contributed by atoms with van der Waals surface area (Å²) < 4.78 is 0. The number of nitrogens with zero attached hydrogens (tertiary/aromatic N) is 2. The second-order valence-corrected chi connectivity index (χ2v) is 13.1. The topological polar surface area (TPSA) is 6.48 Å². The van der Waals surface area contributed by atoms with Crippen LogP contribution in [0.15, 0.2) is 200 Å². The maximum absolute atomic E-state index is 2.37.